The van der Waals surface area contributed by atoms with Gasteiger partial charge >= 0.3 is 0 Å². The maximum Gasteiger partial charge on any atom is 0.224 e. The molecule has 3 rings (SSSR count). The zero-order chi connectivity index (χ0) is 20.0. The smallest absolute Gasteiger partial charge is 0.224 e. The molecule has 1 atom stereocenters. The van der Waals surface area contributed by atoms with Crippen LogP contribution in [0.3, 0.4) is 0 Å². The van der Waals surface area contributed by atoms with E-state index in [1.807, 2.05) is 26.2 Å². The highest BCUT2D eigenvalue weighted by molar-refractivity contribution is 5.79. The third-order valence-corrected chi connectivity index (χ3v) is 6.02. The number of carbonyl (C=O) groups excluding carboxylic acids is 1. The van der Waals surface area contributed by atoms with Gasteiger partial charge in [-0.15, -0.1) is 0 Å². The topological polar surface area (TPSA) is 57.7 Å². The van der Waals surface area contributed by atoms with E-state index in [4.69, 9.17) is 4.74 Å². The van der Waals surface area contributed by atoms with Crippen molar-refractivity contribution in [1.82, 2.24) is 20.1 Å². The molecule has 3 heterocycles. The Bertz CT molecular complexity index is 614. The van der Waals surface area contributed by atoms with Crippen LogP contribution in [0, 0.1) is 5.92 Å². The van der Waals surface area contributed by atoms with Gasteiger partial charge in [-0.1, -0.05) is 0 Å². The van der Waals surface area contributed by atoms with Crippen LogP contribution in [0.4, 0.5) is 0 Å². The van der Waals surface area contributed by atoms with E-state index in [1.165, 1.54) is 18.4 Å². The first-order valence-electron chi connectivity index (χ1n) is 10.6. The molecule has 6 nitrogen and oxygen atoms in total. The molecule has 0 radical (unpaired) electrons. The second kappa shape index (κ2) is 9.81. The Morgan fingerprint density at radius 1 is 1.21 bits per heavy atom. The number of nitrogens with zero attached hydrogens (tertiary/aromatic N) is 3. The fraction of sp³-hybridized carbons (Fsp3) is 0.727. The van der Waals surface area contributed by atoms with E-state index in [1.54, 1.807) is 7.11 Å². The minimum atomic E-state index is -0.313. The van der Waals surface area contributed by atoms with Crippen LogP contribution in [0.1, 0.15) is 45.1 Å². The summed E-state index contributed by atoms with van der Waals surface area (Å²) in [6.45, 7) is 9.85. The number of hydrogen-bond donors (Lipinski definition) is 1. The van der Waals surface area contributed by atoms with E-state index in [9.17, 15) is 4.79 Å². The van der Waals surface area contributed by atoms with E-state index in [0.29, 0.717) is 12.6 Å². The van der Waals surface area contributed by atoms with Crippen molar-refractivity contribution < 1.29 is 9.53 Å². The van der Waals surface area contributed by atoms with Crippen molar-refractivity contribution in [1.29, 1.82) is 0 Å². The Balaban J connectivity index is 1.46. The molecule has 1 N–H and O–H groups in total. The normalized spacial score (nSPS) is 22.9. The van der Waals surface area contributed by atoms with Crippen molar-refractivity contribution in [2.45, 2.75) is 57.7 Å². The van der Waals surface area contributed by atoms with Crippen LogP contribution in [-0.4, -0.2) is 72.2 Å². The molecule has 1 aromatic rings. The van der Waals surface area contributed by atoms with Gasteiger partial charge in [-0.05, 0) is 76.9 Å². The first kappa shape index (κ1) is 21.2. The summed E-state index contributed by atoms with van der Waals surface area (Å²) in [7, 11) is 1.68. The molecule has 1 amide bonds. The highest BCUT2D eigenvalue weighted by atomic mass is 16.5. The number of aromatic nitrogens is 1. The highest BCUT2D eigenvalue weighted by Crippen LogP contribution is 2.25. The van der Waals surface area contributed by atoms with Gasteiger partial charge in [-0.2, -0.15) is 0 Å². The van der Waals surface area contributed by atoms with E-state index >= 15 is 0 Å². The second-order valence-electron chi connectivity index (χ2n) is 9.00. The number of carbonyl (C=O) groups is 1. The number of likely N-dealkylation sites (tertiary alicyclic amines) is 2. The van der Waals surface area contributed by atoms with Crippen molar-refractivity contribution >= 4 is 5.91 Å². The van der Waals surface area contributed by atoms with Gasteiger partial charge in [0.1, 0.15) is 0 Å². The Morgan fingerprint density at radius 3 is 2.61 bits per heavy atom. The summed E-state index contributed by atoms with van der Waals surface area (Å²) in [6.07, 6.45) is 8.22. The molecule has 0 aliphatic carbocycles. The predicted molar refractivity (Wildman–Crippen MR) is 111 cm³/mol. The standard InChI is InChI=1S/C22H36N4O2/c1-22(2,17-28-3)24-21(27)19-5-4-12-26(16-19)20-8-13-25(14-9-20)15-18-6-10-23-11-7-18/h6-7,10-11,19-20H,4-5,8-9,12-17H2,1-3H3,(H,24,27)/t19-/m1/s1. The van der Waals surface area contributed by atoms with Crippen LogP contribution in [0.5, 0.6) is 0 Å². The fourth-order valence-electron chi connectivity index (χ4n) is 4.57. The quantitative estimate of drug-likeness (QED) is 0.777. The SMILES string of the molecule is COCC(C)(C)NC(=O)[C@@H]1CCCN(C2CCN(Cc3ccncc3)CC2)C1. The molecular formula is C22H36N4O2. The van der Waals surface area contributed by atoms with Gasteiger partial charge in [0.2, 0.25) is 5.91 Å². The molecule has 0 spiro atoms. The molecule has 2 fully saturated rings. The Labute approximate surface area is 169 Å². The lowest BCUT2D eigenvalue weighted by atomic mass is 9.92. The van der Waals surface area contributed by atoms with Crippen LogP contribution in [0.25, 0.3) is 0 Å². The molecule has 0 bridgehead atoms. The summed E-state index contributed by atoms with van der Waals surface area (Å²) in [6, 6.07) is 4.81. The minimum absolute atomic E-state index is 0.0970. The highest BCUT2D eigenvalue weighted by Gasteiger charge is 2.33. The van der Waals surface area contributed by atoms with Crippen LogP contribution in [0.15, 0.2) is 24.5 Å². The first-order valence-corrected chi connectivity index (χ1v) is 10.6. The van der Waals surface area contributed by atoms with Gasteiger partial charge in [0.15, 0.2) is 0 Å². The number of amides is 1. The largest absolute Gasteiger partial charge is 0.382 e. The number of hydrogen-bond acceptors (Lipinski definition) is 5. The van der Waals surface area contributed by atoms with E-state index in [-0.39, 0.29) is 17.4 Å². The molecule has 1 aromatic heterocycles. The zero-order valence-electron chi connectivity index (χ0n) is 17.7. The third-order valence-electron chi connectivity index (χ3n) is 6.02. The summed E-state index contributed by atoms with van der Waals surface area (Å²) in [5, 5.41) is 3.18. The summed E-state index contributed by atoms with van der Waals surface area (Å²) in [4.78, 5) is 22.0. The molecule has 0 saturated carbocycles. The Morgan fingerprint density at radius 2 is 1.93 bits per heavy atom. The molecule has 2 saturated heterocycles. The average Bonchev–Trinajstić information content (AvgIpc) is 2.69. The number of nitrogens with one attached hydrogen (secondary N) is 1. The third kappa shape index (κ3) is 6.00. The average molecular weight is 389 g/mol. The summed E-state index contributed by atoms with van der Waals surface area (Å²) in [5.41, 5.74) is 1.02. The number of methoxy groups -OCH3 is 1. The van der Waals surface area contributed by atoms with Gasteiger partial charge < -0.3 is 10.1 Å². The van der Waals surface area contributed by atoms with Crippen molar-refractivity contribution in [3.63, 3.8) is 0 Å². The van der Waals surface area contributed by atoms with E-state index in [2.05, 4.69) is 32.2 Å². The lowest BCUT2D eigenvalue weighted by molar-refractivity contribution is -0.129. The number of pyridine rings is 1. The number of ether oxygens (including phenoxy) is 1. The number of piperidine rings is 2. The Kier molecular flexibility index (Phi) is 7.43. The van der Waals surface area contributed by atoms with E-state index < -0.39 is 0 Å². The van der Waals surface area contributed by atoms with Crippen molar-refractivity contribution in [2.24, 2.45) is 5.92 Å². The predicted octanol–water partition coefficient (Wildman–Crippen LogP) is 2.30. The van der Waals surface area contributed by atoms with Gasteiger partial charge in [-0.25, -0.2) is 0 Å². The minimum Gasteiger partial charge on any atom is -0.382 e. The van der Waals surface area contributed by atoms with Gasteiger partial charge in [0.05, 0.1) is 18.1 Å². The molecular weight excluding hydrogens is 352 g/mol. The van der Waals surface area contributed by atoms with Gasteiger partial charge in [-0.3, -0.25) is 19.6 Å². The van der Waals surface area contributed by atoms with Crippen molar-refractivity contribution in [3.8, 4) is 0 Å². The van der Waals surface area contributed by atoms with Crippen LogP contribution in [-0.2, 0) is 16.1 Å². The van der Waals surface area contributed by atoms with E-state index in [0.717, 1.165) is 45.6 Å². The summed E-state index contributed by atoms with van der Waals surface area (Å²) in [5.74, 6) is 0.279. The van der Waals surface area contributed by atoms with Crippen molar-refractivity contribution in [2.75, 3.05) is 39.9 Å². The lowest BCUT2D eigenvalue weighted by Crippen LogP contribution is -2.54. The van der Waals surface area contributed by atoms with Crippen molar-refractivity contribution in [3.05, 3.63) is 30.1 Å². The first-order chi connectivity index (χ1) is 13.5. The monoisotopic (exact) mass is 388 g/mol. The zero-order valence-corrected chi connectivity index (χ0v) is 17.7. The molecule has 0 unspecified atom stereocenters. The maximum absolute atomic E-state index is 12.8. The van der Waals surface area contributed by atoms with Gasteiger partial charge in [0.25, 0.3) is 0 Å². The second-order valence-corrected chi connectivity index (χ2v) is 9.00. The molecule has 6 heteroatoms. The van der Waals surface area contributed by atoms with Crippen LogP contribution >= 0.6 is 0 Å². The number of rotatable bonds is 7. The Hall–Kier alpha value is -1.50. The maximum atomic E-state index is 12.8. The lowest BCUT2D eigenvalue weighted by Gasteiger charge is -2.42. The van der Waals surface area contributed by atoms with Gasteiger partial charge in [0, 0.05) is 38.6 Å². The van der Waals surface area contributed by atoms with Crippen LogP contribution in [0.2, 0.25) is 0 Å². The summed E-state index contributed by atoms with van der Waals surface area (Å²) >= 11 is 0. The molecule has 0 aromatic carbocycles. The fourth-order valence-corrected chi connectivity index (χ4v) is 4.57. The molecule has 156 valence electrons. The van der Waals surface area contributed by atoms with Crippen LogP contribution < -0.4 is 5.32 Å². The molecule has 28 heavy (non-hydrogen) atoms. The molecule has 2 aliphatic heterocycles. The molecule has 2 aliphatic rings. The summed E-state index contributed by atoms with van der Waals surface area (Å²) < 4.78 is 5.23.